The SMILES string of the molecule is CCc1cc(F)cc(F)c1C1(C)CCN(CNC(=O)C2=C(C)NCCC2)CC1. The highest BCUT2D eigenvalue weighted by Gasteiger charge is 2.35. The fourth-order valence-corrected chi connectivity index (χ4v) is 4.45. The van der Waals surface area contributed by atoms with Crippen LogP contribution in [0.5, 0.6) is 0 Å². The van der Waals surface area contributed by atoms with Crippen molar-refractivity contribution >= 4 is 5.91 Å². The van der Waals surface area contributed by atoms with E-state index in [1.807, 2.05) is 13.8 Å². The first kappa shape index (κ1) is 20.8. The monoisotopic (exact) mass is 391 g/mol. The molecule has 3 rings (SSSR count). The van der Waals surface area contributed by atoms with E-state index in [4.69, 9.17) is 0 Å². The van der Waals surface area contributed by atoms with Crippen molar-refractivity contribution in [1.82, 2.24) is 15.5 Å². The van der Waals surface area contributed by atoms with Crippen LogP contribution in [0.25, 0.3) is 0 Å². The van der Waals surface area contributed by atoms with Gasteiger partial charge >= 0.3 is 0 Å². The van der Waals surface area contributed by atoms with Gasteiger partial charge in [-0.1, -0.05) is 13.8 Å². The van der Waals surface area contributed by atoms with E-state index in [1.165, 1.54) is 6.07 Å². The molecule has 0 radical (unpaired) electrons. The minimum absolute atomic E-state index is 0.00381. The van der Waals surface area contributed by atoms with Crippen LogP contribution < -0.4 is 10.6 Å². The van der Waals surface area contributed by atoms with Crippen LogP contribution in [-0.4, -0.2) is 37.1 Å². The number of hydrogen-bond donors (Lipinski definition) is 2. The number of amides is 1. The van der Waals surface area contributed by atoms with E-state index in [9.17, 15) is 13.6 Å². The quantitative estimate of drug-likeness (QED) is 0.806. The summed E-state index contributed by atoms with van der Waals surface area (Å²) in [6.45, 7) is 8.91. The van der Waals surface area contributed by atoms with Crippen LogP contribution in [0.15, 0.2) is 23.4 Å². The van der Waals surface area contributed by atoms with Crippen molar-refractivity contribution in [2.75, 3.05) is 26.3 Å². The van der Waals surface area contributed by atoms with E-state index in [-0.39, 0.29) is 11.3 Å². The average molecular weight is 392 g/mol. The standard InChI is InChI=1S/C22H31F2N3O/c1-4-16-12-17(23)13-19(24)20(16)22(3)7-10-27(11-8-22)14-26-21(28)18-6-5-9-25-15(18)2/h12-13,25H,4-11,14H2,1-3H3,(H,26,28). The summed E-state index contributed by atoms with van der Waals surface area (Å²) in [6, 6.07) is 2.46. The topological polar surface area (TPSA) is 44.4 Å². The highest BCUT2D eigenvalue weighted by molar-refractivity contribution is 5.94. The van der Waals surface area contributed by atoms with Gasteiger partial charge in [-0.15, -0.1) is 0 Å². The van der Waals surface area contributed by atoms with E-state index in [0.29, 0.717) is 18.7 Å². The van der Waals surface area contributed by atoms with Crippen LogP contribution in [0.2, 0.25) is 0 Å². The first-order valence-electron chi connectivity index (χ1n) is 10.3. The van der Waals surface area contributed by atoms with Gasteiger partial charge in [-0.05, 0) is 61.6 Å². The van der Waals surface area contributed by atoms with Crippen molar-refractivity contribution < 1.29 is 13.6 Å². The number of halogens is 2. The lowest BCUT2D eigenvalue weighted by molar-refractivity contribution is -0.118. The van der Waals surface area contributed by atoms with Gasteiger partial charge in [0.15, 0.2) is 0 Å². The van der Waals surface area contributed by atoms with Crippen molar-refractivity contribution in [2.24, 2.45) is 0 Å². The lowest BCUT2D eigenvalue weighted by atomic mass is 9.72. The second kappa shape index (κ2) is 8.60. The maximum Gasteiger partial charge on any atom is 0.249 e. The molecule has 1 amide bonds. The second-order valence-electron chi connectivity index (χ2n) is 8.25. The highest BCUT2D eigenvalue weighted by atomic mass is 19.1. The third kappa shape index (κ3) is 4.37. The molecule has 0 unspecified atom stereocenters. The predicted octanol–water partition coefficient (Wildman–Crippen LogP) is 3.61. The Hall–Kier alpha value is -1.95. The Balaban J connectivity index is 1.61. The first-order chi connectivity index (χ1) is 13.3. The molecule has 1 aromatic carbocycles. The maximum absolute atomic E-state index is 14.6. The first-order valence-corrected chi connectivity index (χ1v) is 10.3. The van der Waals surface area contributed by atoms with E-state index >= 15 is 0 Å². The summed E-state index contributed by atoms with van der Waals surface area (Å²) in [5, 5.41) is 6.27. The number of nitrogens with one attached hydrogen (secondary N) is 2. The van der Waals surface area contributed by atoms with Crippen molar-refractivity contribution in [1.29, 1.82) is 0 Å². The van der Waals surface area contributed by atoms with Crippen LogP contribution in [0.1, 0.15) is 57.6 Å². The van der Waals surface area contributed by atoms with Gasteiger partial charge in [-0.2, -0.15) is 0 Å². The Labute approximate surface area is 166 Å². The van der Waals surface area contributed by atoms with Crippen LogP contribution in [0.3, 0.4) is 0 Å². The number of aryl methyl sites for hydroxylation is 1. The largest absolute Gasteiger partial charge is 0.388 e. The third-order valence-corrected chi connectivity index (χ3v) is 6.26. The van der Waals surface area contributed by atoms with Crippen molar-refractivity contribution in [3.05, 3.63) is 46.2 Å². The third-order valence-electron chi connectivity index (χ3n) is 6.26. The van der Waals surface area contributed by atoms with Crippen LogP contribution in [0, 0.1) is 11.6 Å². The van der Waals surface area contributed by atoms with Crippen LogP contribution >= 0.6 is 0 Å². The van der Waals surface area contributed by atoms with Gasteiger partial charge in [0.1, 0.15) is 11.6 Å². The van der Waals surface area contributed by atoms with Gasteiger partial charge < -0.3 is 10.6 Å². The molecule has 0 spiro atoms. The van der Waals surface area contributed by atoms with E-state index in [0.717, 1.165) is 68.2 Å². The zero-order valence-corrected chi connectivity index (χ0v) is 17.1. The molecular weight excluding hydrogens is 360 g/mol. The average Bonchev–Trinajstić information content (AvgIpc) is 2.66. The summed E-state index contributed by atoms with van der Waals surface area (Å²) in [5.41, 5.74) is 2.92. The van der Waals surface area contributed by atoms with Gasteiger partial charge in [0.05, 0.1) is 6.67 Å². The zero-order valence-electron chi connectivity index (χ0n) is 17.1. The van der Waals surface area contributed by atoms with E-state index in [1.54, 1.807) is 0 Å². The molecule has 4 nitrogen and oxygen atoms in total. The molecule has 1 saturated heterocycles. The molecule has 154 valence electrons. The summed E-state index contributed by atoms with van der Waals surface area (Å²) in [7, 11) is 0. The predicted molar refractivity (Wildman–Crippen MR) is 107 cm³/mol. The van der Waals surface area contributed by atoms with Gasteiger partial charge in [0.2, 0.25) is 5.91 Å². The molecule has 2 aliphatic heterocycles. The Kier molecular flexibility index (Phi) is 6.38. The summed E-state index contributed by atoms with van der Waals surface area (Å²) in [5.74, 6) is -0.951. The molecule has 28 heavy (non-hydrogen) atoms. The molecule has 0 aliphatic carbocycles. The summed E-state index contributed by atoms with van der Waals surface area (Å²) in [4.78, 5) is 14.6. The van der Waals surface area contributed by atoms with Gasteiger partial charge in [-0.25, -0.2) is 8.78 Å². The number of allylic oxidation sites excluding steroid dienone is 1. The second-order valence-corrected chi connectivity index (χ2v) is 8.25. The van der Waals surface area contributed by atoms with Gasteiger partial charge in [-0.3, -0.25) is 9.69 Å². The molecule has 0 atom stereocenters. The minimum atomic E-state index is -0.511. The van der Waals surface area contributed by atoms with Crippen molar-refractivity contribution in [2.45, 2.75) is 58.3 Å². The molecule has 1 fully saturated rings. The van der Waals surface area contributed by atoms with Crippen LogP contribution in [-0.2, 0) is 16.6 Å². The Morgan fingerprint density at radius 3 is 2.64 bits per heavy atom. The molecule has 2 aliphatic rings. The summed E-state index contributed by atoms with van der Waals surface area (Å²) in [6.07, 6.45) is 3.96. The number of hydrogen-bond acceptors (Lipinski definition) is 3. The summed E-state index contributed by atoms with van der Waals surface area (Å²) < 4.78 is 28.2. The molecule has 0 bridgehead atoms. The Morgan fingerprint density at radius 2 is 2.00 bits per heavy atom. The number of nitrogens with zero attached hydrogens (tertiary/aromatic N) is 1. The van der Waals surface area contributed by atoms with Crippen LogP contribution in [0.4, 0.5) is 8.78 Å². The smallest absolute Gasteiger partial charge is 0.249 e. The molecule has 1 aromatic rings. The summed E-state index contributed by atoms with van der Waals surface area (Å²) >= 11 is 0. The number of rotatable bonds is 5. The molecule has 0 saturated carbocycles. The van der Waals surface area contributed by atoms with Crippen molar-refractivity contribution in [3.8, 4) is 0 Å². The number of likely N-dealkylation sites (tertiary alicyclic amines) is 1. The molecule has 2 N–H and O–H groups in total. The van der Waals surface area contributed by atoms with Gasteiger partial charge in [0, 0.05) is 37.0 Å². The highest BCUT2D eigenvalue weighted by Crippen LogP contribution is 2.39. The minimum Gasteiger partial charge on any atom is -0.388 e. The molecule has 2 heterocycles. The number of benzene rings is 1. The molecule has 0 aromatic heterocycles. The zero-order chi connectivity index (χ0) is 20.3. The Morgan fingerprint density at radius 1 is 1.29 bits per heavy atom. The van der Waals surface area contributed by atoms with Crippen molar-refractivity contribution in [3.63, 3.8) is 0 Å². The number of carbonyl (C=O) groups is 1. The molecular formula is C22H31F2N3O. The lowest BCUT2D eigenvalue weighted by Gasteiger charge is -2.41. The van der Waals surface area contributed by atoms with E-state index < -0.39 is 11.6 Å². The maximum atomic E-state index is 14.6. The number of piperidine rings is 1. The lowest BCUT2D eigenvalue weighted by Crippen LogP contribution is -2.47. The van der Waals surface area contributed by atoms with E-state index in [2.05, 4.69) is 22.5 Å². The van der Waals surface area contributed by atoms with Gasteiger partial charge in [0.25, 0.3) is 0 Å². The number of carbonyl (C=O) groups excluding carboxylic acids is 1. The fourth-order valence-electron chi connectivity index (χ4n) is 4.45. The fraction of sp³-hybridized carbons (Fsp3) is 0.591. The normalized spacial score (nSPS) is 20.0. The Bertz CT molecular complexity index is 767. The molecule has 6 heteroatoms.